The van der Waals surface area contributed by atoms with Crippen LogP contribution in [-0.4, -0.2) is 25.5 Å². The molecule has 0 aliphatic heterocycles. The van der Waals surface area contributed by atoms with E-state index in [2.05, 4.69) is 4.74 Å². The van der Waals surface area contributed by atoms with E-state index in [9.17, 15) is 22.8 Å². The minimum Gasteiger partial charge on any atom is -0.469 e. The molecular formula is C11H13F3O3. The fourth-order valence-electron chi connectivity index (χ4n) is 1.96. The molecule has 1 rings (SSSR count). The first-order chi connectivity index (χ1) is 7.66. The van der Waals surface area contributed by atoms with Gasteiger partial charge >= 0.3 is 12.1 Å². The van der Waals surface area contributed by atoms with E-state index in [1.54, 1.807) is 13.8 Å². The van der Waals surface area contributed by atoms with Crippen LogP contribution in [0.15, 0.2) is 11.6 Å². The molecule has 0 saturated heterocycles. The topological polar surface area (TPSA) is 43.4 Å². The molecule has 96 valence electrons. The van der Waals surface area contributed by atoms with Crippen molar-refractivity contribution in [3.05, 3.63) is 11.6 Å². The molecule has 3 nitrogen and oxygen atoms in total. The van der Waals surface area contributed by atoms with E-state index < -0.39 is 35.0 Å². The molecule has 2 atom stereocenters. The fraction of sp³-hybridized carbons (Fsp3) is 0.636. The summed E-state index contributed by atoms with van der Waals surface area (Å²) in [6, 6.07) is 0. The van der Waals surface area contributed by atoms with Gasteiger partial charge in [0, 0.05) is 0 Å². The highest BCUT2D eigenvalue weighted by Crippen LogP contribution is 2.60. The molecule has 1 saturated carbocycles. The van der Waals surface area contributed by atoms with Crippen LogP contribution in [0.4, 0.5) is 13.2 Å². The number of alkyl halides is 3. The minimum absolute atomic E-state index is 0.233. The van der Waals surface area contributed by atoms with Crippen LogP contribution in [0.1, 0.15) is 13.8 Å². The summed E-state index contributed by atoms with van der Waals surface area (Å²) in [6.07, 6.45) is -4.10. The molecule has 0 aromatic rings. The molecule has 0 aromatic heterocycles. The number of methoxy groups -OCH3 is 1. The van der Waals surface area contributed by atoms with E-state index in [1.807, 2.05) is 0 Å². The lowest BCUT2D eigenvalue weighted by atomic mass is 10.1. The van der Waals surface area contributed by atoms with Gasteiger partial charge in [-0.2, -0.15) is 13.2 Å². The lowest BCUT2D eigenvalue weighted by Crippen LogP contribution is -2.13. The maximum Gasteiger partial charge on any atom is 0.419 e. The summed E-state index contributed by atoms with van der Waals surface area (Å²) < 4.78 is 41.6. The van der Waals surface area contributed by atoms with Gasteiger partial charge in [0.25, 0.3) is 0 Å². The van der Waals surface area contributed by atoms with Crippen LogP contribution in [0.2, 0.25) is 0 Å². The van der Waals surface area contributed by atoms with Crippen molar-refractivity contribution in [1.82, 2.24) is 0 Å². The number of aldehydes is 1. The second-order valence-electron chi connectivity index (χ2n) is 4.59. The van der Waals surface area contributed by atoms with Gasteiger partial charge in [0.2, 0.25) is 0 Å². The number of hydrogen-bond acceptors (Lipinski definition) is 3. The van der Waals surface area contributed by atoms with Gasteiger partial charge in [-0.25, -0.2) is 0 Å². The number of carbonyl (C=O) groups is 2. The molecule has 1 aliphatic rings. The predicted molar refractivity (Wildman–Crippen MR) is 53.0 cm³/mol. The van der Waals surface area contributed by atoms with Gasteiger partial charge in [0.05, 0.1) is 18.6 Å². The Bertz CT molecular complexity index is 369. The van der Waals surface area contributed by atoms with Crippen LogP contribution in [0.3, 0.4) is 0 Å². The molecule has 2 unspecified atom stereocenters. The van der Waals surface area contributed by atoms with Crippen LogP contribution in [0, 0.1) is 17.3 Å². The Morgan fingerprint density at radius 3 is 2.24 bits per heavy atom. The number of ether oxygens (including phenoxy) is 1. The fourth-order valence-corrected chi connectivity index (χ4v) is 1.96. The first kappa shape index (κ1) is 13.7. The van der Waals surface area contributed by atoms with Crippen molar-refractivity contribution in [2.24, 2.45) is 17.3 Å². The van der Waals surface area contributed by atoms with Gasteiger partial charge in [-0.15, -0.1) is 0 Å². The van der Waals surface area contributed by atoms with Crippen LogP contribution in [-0.2, 0) is 14.3 Å². The largest absolute Gasteiger partial charge is 0.469 e. The molecule has 0 bridgehead atoms. The molecular weight excluding hydrogens is 237 g/mol. The molecule has 6 heteroatoms. The maximum absolute atomic E-state index is 12.4. The summed E-state index contributed by atoms with van der Waals surface area (Å²) in [6.45, 7) is 3.32. The zero-order valence-electron chi connectivity index (χ0n) is 9.67. The lowest BCUT2D eigenvalue weighted by molar-refractivity contribution is -0.143. The molecule has 1 fully saturated rings. The third kappa shape index (κ3) is 2.50. The van der Waals surface area contributed by atoms with Crippen molar-refractivity contribution >= 4 is 12.3 Å². The number of allylic oxidation sites excluding steroid dienone is 2. The summed E-state index contributed by atoms with van der Waals surface area (Å²) in [5.41, 5.74) is -1.85. The van der Waals surface area contributed by atoms with Gasteiger partial charge < -0.3 is 4.74 Å². The third-order valence-electron chi connectivity index (χ3n) is 3.18. The van der Waals surface area contributed by atoms with Crippen molar-refractivity contribution in [1.29, 1.82) is 0 Å². The summed E-state index contributed by atoms with van der Waals surface area (Å²) in [5.74, 6) is -1.79. The van der Waals surface area contributed by atoms with Gasteiger partial charge in [0.1, 0.15) is 0 Å². The Labute approximate surface area is 96.6 Å². The lowest BCUT2D eigenvalue weighted by Gasteiger charge is -2.05. The minimum atomic E-state index is -4.68. The van der Waals surface area contributed by atoms with E-state index in [-0.39, 0.29) is 6.29 Å². The first-order valence-corrected chi connectivity index (χ1v) is 4.98. The van der Waals surface area contributed by atoms with Crippen molar-refractivity contribution < 1.29 is 27.5 Å². The van der Waals surface area contributed by atoms with Gasteiger partial charge in [-0.1, -0.05) is 19.9 Å². The smallest absolute Gasteiger partial charge is 0.419 e. The van der Waals surface area contributed by atoms with Crippen molar-refractivity contribution in [2.45, 2.75) is 20.0 Å². The average molecular weight is 250 g/mol. The molecule has 0 radical (unpaired) electrons. The quantitative estimate of drug-likeness (QED) is 0.438. The molecule has 0 spiro atoms. The summed E-state index contributed by atoms with van der Waals surface area (Å²) in [5, 5.41) is 0. The molecule has 0 amide bonds. The predicted octanol–water partition coefficient (Wildman–Crippen LogP) is 2.12. The van der Waals surface area contributed by atoms with E-state index in [4.69, 9.17) is 0 Å². The first-order valence-electron chi connectivity index (χ1n) is 4.98. The SMILES string of the molecule is COC(=O)C1C(/C=C(/C=O)C(F)(F)F)C1(C)C. The second-order valence-corrected chi connectivity index (χ2v) is 4.59. The number of halogens is 3. The van der Waals surface area contributed by atoms with Crippen molar-refractivity contribution in [3.63, 3.8) is 0 Å². The molecule has 17 heavy (non-hydrogen) atoms. The molecule has 1 aliphatic carbocycles. The van der Waals surface area contributed by atoms with Crippen LogP contribution < -0.4 is 0 Å². The standard InChI is InChI=1S/C11H13F3O3/c1-10(2)7(8(10)9(16)17-3)4-6(5-15)11(12,13)14/h4-5,7-8H,1-3H3/b6-4-. The Morgan fingerprint density at radius 2 is 1.88 bits per heavy atom. The highest BCUT2D eigenvalue weighted by Gasteiger charge is 2.62. The number of esters is 1. The van der Waals surface area contributed by atoms with Crippen LogP contribution >= 0.6 is 0 Å². The molecule has 0 heterocycles. The highest BCUT2D eigenvalue weighted by atomic mass is 19.4. The summed E-state index contributed by atoms with van der Waals surface area (Å²) >= 11 is 0. The number of hydrogen-bond donors (Lipinski definition) is 0. The summed E-state index contributed by atoms with van der Waals surface area (Å²) in [4.78, 5) is 21.7. The van der Waals surface area contributed by atoms with Crippen molar-refractivity contribution in [3.8, 4) is 0 Å². The Hall–Kier alpha value is -1.33. The Kier molecular flexibility index (Phi) is 3.36. The maximum atomic E-state index is 12.4. The third-order valence-corrected chi connectivity index (χ3v) is 3.18. The van der Waals surface area contributed by atoms with Crippen LogP contribution in [0.5, 0.6) is 0 Å². The highest BCUT2D eigenvalue weighted by molar-refractivity contribution is 5.80. The van der Waals surface area contributed by atoms with E-state index in [1.165, 1.54) is 7.11 Å². The van der Waals surface area contributed by atoms with E-state index in [0.717, 1.165) is 6.08 Å². The van der Waals surface area contributed by atoms with Gasteiger partial charge in [-0.3, -0.25) is 9.59 Å². The average Bonchev–Trinajstić information content (AvgIpc) is 2.74. The second kappa shape index (κ2) is 4.16. The number of rotatable bonds is 3. The van der Waals surface area contributed by atoms with E-state index >= 15 is 0 Å². The molecule has 0 N–H and O–H groups in total. The van der Waals surface area contributed by atoms with Gasteiger partial charge in [-0.05, 0) is 11.3 Å². The Morgan fingerprint density at radius 1 is 1.35 bits per heavy atom. The van der Waals surface area contributed by atoms with Crippen molar-refractivity contribution in [2.75, 3.05) is 7.11 Å². The van der Waals surface area contributed by atoms with Crippen LogP contribution in [0.25, 0.3) is 0 Å². The zero-order valence-corrected chi connectivity index (χ0v) is 9.67. The molecule has 0 aromatic carbocycles. The zero-order chi connectivity index (χ0) is 13.4. The van der Waals surface area contributed by atoms with E-state index in [0.29, 0.717) is 0 Å². The monoisotopic (exact) mass is 250 g/mol. The van der Waals surface area contributed by atoms with Gasteiger partial charge in [0.15, 0.2) is 6.29 Å². The summed E-state index contributed by atoms with van der Waals surface area (Å²) in [7, 11) is 1.18. The number of carbonyl (C=O) groups excluding carboxylic acids is 2. The normalized spacial score (nSPS) is 27.5. The Balaban J connectivity index is 2.94.